The molecule has 76 valence electrons. The lowest BCUT2D eigenvalue weighted by atomic mass is 10.1. The van der Waals surface area contributed by atoms with Crippen LogP contribution in [-0.4, -0.2) is 17.2 Å². The second-order valence-corrected chi connectivity index (χ2v) is 4.77. The molecule has 0 fully saturated rings. The first-order valence-electron chi connectivity index (χ1n) is 4.50. The summed E-state index contributed by atoms with van der Waals surface area (Å²) in [5.41, 5.74) is 1.33. The van der Waals surface area contributed by atoms with Gasteiger partial charge in [0, 0.05) is 12.1 Å². The maximum atomic E-state index is 5.10. The average Bonchev–Trinajstić information content (AvgIpc) is 1.81. The van der Waals surface area contributed by atoms with E-state index in [0.717, 1.165) is 6.54 Å². The van der Waals surface area contributed by atoms with Gasteiger partial charge in [-0.15, -0.1) is 0 Å². The van der Waals surface area contributed by atoms with Crippen molar-refractivity contribution in [3.8, 4) is 0 Å². The molecule has 0 aromatic carbocycles. The zero-order valence-corrected chi connectivity index (χ0v) is 10.0. The highest BCUT2D eigenvalue weighted by Gasteiger charge is 2.09. The van der Waals surface area contributed by atoms with E-state index in [1.807, 2.05) is 0 Å². The first-order chi connectivity index (χ1) is 5.81. The topological polar surface area (TPSA) is 24.1 Å². The van der Waals surface area contributed by atoms with Crippen LogP contribution in [0, 0.1) is 0 Å². The fraction of sp³-hybridized carbons (Fsp3) is 0.700. The molecule has 0 spiro atoms. The molecule has 0 heterocycles. The summed E-state index contributed by atoms with van der Waals surface area (Å²) < 4.78 is 0. The fourth-order valence-corrected chi connectivity index (χ4v) is 1.12. The summed E-state index contributed by atoms with van der Waals surface area (Å²) in [4.78, 5) is 0. The Hall–Kier alpha value is -0.570. The summed E-state index contributed by atoms with van der Waals surface area (Å²) in [5, 5.41) is 7.01. The summed E-state index contributed by atoms with van der Waals surface area (Å²) in [6, 6.07) is 0. The first-order valence-corrected chi connectivity index (χ1v) is 4.91. The molecule has 0 bridgehead atoms. The first kappa shape index (κ1) is 12.4. The van der Waals surface area contributed by atoms with Gasteiger partial charge in [0.2, 0.25) is 0 Å². The minimum atomic E-state index is 0.0368. The Morgan fingerprint density at radius 1 is 1.31 bits per heavy atom. The Bertz CT molecular complexity index is 197. The largest absolute Gasteiger partial charge is 0.359 e. The molecule has 0 amide bonds. The van der Waals surface area contributed by atoms with Crippen molar-refractivity contribution in [2.75, 3.05) is 6.54 Å². The molecular formula is C10H20N2S. The molecular weight excluding hydrogens is 180 g/mol. The van der Waals surface area contributed by atoms with Gasteiger partial charge in [-0.1, -0.05) is 11.6 Å². The van der Waals surface area contributed by atoms with Gasteiger partial charge in [-0.3, -0.25) is 0 Å². The van der Waals surface area contributed by atoms with Crippen LogP contribution in [0.4, 0.5) is 0 Å². The van der Waals surface area contributed by atoms with Crippen LogP contribution in [0.1, 0.15) is 34.6 Å². The average molecular weight is 200 g/mol. The quantitative estimate of drug-likeness (QED) is 0.528. The Morgan fingerprint density at radius 3 is 2.23 bits per heavy atom. The molecule has 3 heteroatoms. The minimum absolute atomic E-state index is 0.0368. The Balaban J connectivity index is 3.71. The van der Waals surface area contributed by atoms with Crippen molar-refractivity contribution in [1.82, 2.24) is 10.6 Å². The number of allylic oxidation sites excluding steroid dienone is 1. The van der Waals surface area contributed by atoms with E-state index in [9.17, 15) is 0 Å². The molecule has 0 saturated carbocycles. The van der Waals surface area contributed by atoms with Crippen LogP contribution in [0.3, 0.4) is 0 Å². The van der Waals surface area contributed by atoms with E-state index in [-0.39, 0.29) is 5.54 Å². The zero-order chi connectivity index (χ0) is 10.5. The third-order valence-corrected chi connectivity index (χ3v) is 1.51. The Kier molecular flexibility index (Phi) is 4.99. The monoisotopic (exact) mass is 200 g/mol. The van der Waals surface area contributed by atoms with Crippen molar-refractivity contribution >= 4 is 17.3 Å². The molecule has 0 saturated heterocycles. The molecule has 0 rings (SSSR count). The molecule has 0 atom stereocenters. The van der Waals surface area contributed by atoms with Crippen molar-refractivity contribution in [1.29, 1.82) is 0 Å². The minimum Gasteiger partial charge on any atom is -0.359 e. The van der Waals surface area contributed by atoms with Gasteiger partial charge < -0.3 is 10.6 Å². The molecule has 0 aliphatic rings. The number of nitrogens with one attached hydrogen (secondary N) is 2. The molecule has 0 aliphatic carbocycles. The molecule has 0 aromatic heterocycles. The van der Waals surface area contributed by atoms with Crippen molar-refractivity contribution in [2.24, 2.45) is 0 Å². The highest BCUT2D eigenvalue weighted by molar-refractivity contribution is 7.80. The predicted molar refractivity (Wildman–Crippen MR) is 62.9 cm³/mol. The third-order valence-electron chi connectivity index (χ3n) is 1.26. The molecule has 0 aromatic rings. The van der Waals surface area contributed by atoms with E-state index in [2.05, 4.69) is 51.3 Å². The van der Waals surface area contributed by atoms with Crippen molar-refractivity contribution in [3.63, 3.8) is 0 Å². The lowest BCUT2D eigenvalue weighted by Crippen LogP contribution is -2.46. The highest BCUT2D eigenvalue weighted by Crippen LogP contribution is 1.97. The van der Waals surface area contributed by atoms with Gasteiger partial charge in [-0.25, -0.2) is 0 Å². The zero-order valence-electron chi connectivity index (χ0n) is 9.19. The van der Waals surface area contributed by atoms with E-state index < -0.39 is 0 Å². The third kappa shape index (κ3) is 9.34. The summed E-state index contributed by atoms with van der Waals surface area (Å²) in [6.45, 7) is 11.2. The lowest BCUT2D eigenvalue weighted by Gasteiger charge is -2.22. The van der Waals surface area contributed by atoms with E-state index in [0.29, 0.717) is 5.11 Å². The summed E-state index contributed by atoms with van der Waals surface area (Å²) in [5.74, 6) is 0. The van der Waals surface area contributed by atoms with Crippen LogP contribution in [0.25, 0.3) is 0 Å². The van der Waals surface area contributed by atoms with Crippen LogP contribution < -0.4 is 10.6 Å². The number of hydrogen-bond acceptors (Lipinski definition) is 1. The maximum Gasteiger partial charge on any atom is 0.166 e. The van der Waals surface area contributed by atoms with Crippen molar-refractivity contribution in [2.45, 2.75) is 40.2 Å². The Labute approximate surface area is 86.8 Å². The second-order valence-electron chi connectivity index (χ2n) is 4.37. The molecule has 0 unspecified atom stereocenters. The van der Waals surface area contributed by atoms with Crippen LogP contribution in [-0.2, 0) is 0 Å². The summed E-state index contributed by atoms with van der Waals surface area (Å²) >= 11 is 5.10. The molecule has 2 nitrogen and oxygen atoms in total. The fourth-order valence-electron chi connectivity index (χ4n) is 0.733. The highest BCUT2D eigenvalue weighted by atomic mass is 32.1. The summed E-state index contributed by atoms with van der Waals surface area (Å²) in [6.07, 6.45) is 2.11. The normalized spacial score (nSPS) is 10.5. The molecule has 0 radical (unpaired) electrons. The number of thiocarbonyl (C=S) groups is 1. The van der Waals surface area contributed by atoms with Gasteiger partial charge in [0.1, 0.15) is 0 Å². The van der Waals surface area contributed by atoms with Gasteiger partial charge in [-0.05, 0) is 46.8 Å². The van der Waals surface area contributed by atoms with Crippen molar-refractivity contribution in [3.05, 3.63) is 11.6 Å². The van der Waals surface area contributed by atoms with Gasteiger partial charge in [0.05, 0.1) is 0 Å². The van der Waals surface area contributed by atoms with Crippen LogP contribution in [0.15, 0.2) is 11.6 Å². The standard InChI is InChI=1S/C10H20N2S/c1-8(2)6-7-11-9(13)12-10(3,4)5/h6H,7H2,1-5H3,(H2,11,12,13). The summed E-state index contributed by atoms with van der Waals surface area (Å²) in [7, 11) is 0. The number of hydrogen-bond donors (Lipinski definition) is 2. The van der Waals surface area contributed by atoms with Gasteiger partial charge in [-0.2, -0.15) is 0 Å². The molecule has 13 heavy (non-hydrogen) atoms. The Morgan fingerprint density at radius 2 is 1.85 bits per heavy atom. The number of rotatable bonds is 2. The second kappa shape index (κ2) is 5.22. The predicted octanol–water partition coefficient (Wildman–Crippen LogP) is 2.22. The molecule has 0 aliphatic heterocycles. The van der Waals surface area contributed by atoms with Gasteiger partial charge in [0.15, 0.2) is 5.11 Å². The van der Waals surface area contributed by atoms with E-state index in [4.69, 9.17) is 12.2 Å². The van der Waals surface area contributed by atoms with Crippen molar-refractivity contribution < 1.29 is 0 Å². The van der Waals surface area contributed by atoms with Crippen LogP contribution >= 0.6 is 12.2 Å². The van der Waals surface area contributed by atoms with Crippen LogP contribution in [0.5, 0.6) is 0 Å². The maximum absolute atomic E-state index is 5.10. The van der Waals surface area contributed by atoms with E-state index in [1.54, 1.807) is 0 Å². The van der Waals surface area contributed by atoms with Crippen LogP contribution in [0.2, 0.25) is 0 Å². The smallest absolute Gasteiger partial charge is 0.166 e. The van der Waals surface area contributed by atoms with E-state index >= 15 is 0 Å². The SMILES string of the molecule is CC(C)=CCNC(=S)NC(C)(C)C. The van der Waals surface area contributed by atoms with Gasteiger partial charge >= 0.3 is 0 Å². The lowest BCUT2D eigenvalue weighted by molar-refractivity contribution is 0.508. The van der Waals surface area contributed by atoms with Gasteiger partial charge in [0.25, 0.3) is 0 Å². The van der Waals surface area contributed by atoms with E-state index in [1.165, 1.54) is 5.57 Å². The molecule has 2 N–H and O–H groups in total.